The van der Waals surface area contributed by atoms with E-state index in [1.807, 2.05) is 11.4 Å². The molecule has 3 unspecified atom stereocenters. The summed E-state index contributed by atoms with van der Waals surface area (Å²) in [6.45, 7) is 0. The number of carbonyl (C=O) groups is 3. The van der Waals surface area contributed by atoms with Crippen LogP contribution in [0.3, 0.4) is 0 Å². The Hall–Kier alpha value is -2.91. The highest BCUT2D eigenvalue weighted by atomic mass is 16.4. The van der Waals surface area contributed by atoms with Gasteiger partial charge in [-0.05, 0) is 11.6 Å². The summed E-state index contributed by atoms with van der Waals surface area (Å²) in [5.41, 5.74) is 1.43. The van der Waals surface area contributed by atoms with Gasteiger partial charge in [-0.3, -0.25) is 4.79 Å². The summed E-state index contributed by atoms with van der Waals surface area (Å²) in [6, 6.07) is 5.78. The molecule has 128 valence electrons. The average Bonchev–Trinajstić information content (AvgIpc) is 2.95. The van der Waals surface area contributed by atoms with Crippen LogP contribution in [0.25, 0.3) is 10.9 Å². The lowest BCUT2D eigenvalue weighted by atomic mass is 10.0. The zero-order chi connectivity index (χ0) is 17.9. The molecule has 9 nitrogen and oxygen atoms in total. The number of aliphatic hydroxyl groups is 2. The Bertz CT molecular complexity index is 770. The van der Waals surface area contributed by atoms with E-state index in [1.165, 1.54) is 0 Å². The molecule has 0 bridgehead atoms. The number of aromatic nitrogens is 1. The molecule has 1 amide bonds. The second-order valence-corrected chi connectivity index (χ2v) is 5.19. The maximum atomic E-state index is 11.7. The third kappa shape index (κ3) is 3.70. The molecule has 2 rings (SSSR count). The van der Waals surface area contributed by atoms with Crippen LogP contribution >= 0.6 is 0 Å². The van der Waals surface area contributed by atoms with E-state index in [-0.39, 0.29) is 6.42 Å². The fourth-order valence-corrected chi connectivity index (χ4v) is 2.26. The number of rotatable bonds is 7. The Morgan fingerprint density at radius 3 is 2.33 bits per heavy atom. The molecule has 3 atom stereocenters. The Labute approximate surface area is 135 Å². The van der Waals surface area contributed by atoms with Gasteiger partial charge in [0.15, 0.2) is 12.2 Å². The predicted octanol–water partition coefficient (Wildman–Crippen LogP) is -0.914. The Kier molecular flexibility index (Phi) is 5.17. The topological polar surface area (TPSA) is 160 Å². The van der Waals surface area contributed by atoms with Crippen molar-refractivity contribution in [3.05, 3.63) is 36.0 Å². The van der Waals surface area contributed by atoms with Gasteiger partial charge >= 0.3 is 11.9 Å². The standard InChI is InChI=1S/C15H16N2O7/c18-11(12(19)15(23)24)13(20)17-10(14(21)22)5-7-6-16-9-4-2-1-3-8(7)9/h1-4,6,10-12,16,18-19H,5H2,(H,17,20)(H,21,22)(H,23,24). The Morgan fingerprint density at radius 2 is 1.71 bits per heavy atom. The number of amides is 1. The highest BCUT2D eigenvalue weighted by Crippen LogP contribution is 2.19. The number of nitrogens with one attached hydrogen (secondary N) is 2. The summed E-state index contributed by atoms with van der Waals surface area (Å²) < 4.78 is 0. The van der Waals surface area contributed by atoms with Crippen LogP contribution in [0.1, 0.15) is 5.56 Å². The number of benzene rings is 1. The van der Waals surface area contributed by atoms with Crippen molar-refractivity contribution in [1.82, 2.24) is 10.3 Å². The van der Waals surface area contributed by atoms with Crippen LogP contribution in [0.4, 0.5) is 0 Å². The lowest BCUT2D eigenvalue weighted by molar-refractivity contribution is -0.158. The van der Waals surface area contributed by atoms with Gasteiger partial charge in [0.05, 0.1) is 0 Å². The van der Waals surface area contributed by atoms with Crippen LogP contribution in [0.15, 0.2) is 30.5 Å². The molecular weight excluding hydrogens is 320 g/mol. The molecule has 1 aromatic carbocycles. The summed E-state index contributed by atoms with van der Waals surface area (Å²) in [6.07, 6.45) is -3.09. The molecule has 0 aliphatic heterocycles. The smallest absolute Gasteiger partial charge is 0.335 e. The normalized spacial score (nSPS) is 14.8. The first-order valence-corrected chi connectivity index (χ1v) is 6.98. The van der Waals surface area contributed by atoms with Gasteiger partial charge in [0.2, 0.25) is 0 Å². The van der Waals surface area contributed by atoms with Crippen molar-refractivity contribution in [1.29, 1.82) is 0 Å². The summed E-state index contributed by atoms with van der Waals surface area (Å²) in [4.78, 5) is 36.6. The fourth-order valence-electron chi connectivity index (χ4n) is 2.26. The number of carbonyl (C=O) groups excluding carboxylic acids is 1. The minimum Gasteiger partial charge on any atom is -0.480 e. The van der Waals surface area contributed by atoms with Crippen LogP contribution in [-0.4, -0.2) is 61.5 Å². The van der Waals surface area contributed by atoms with Gasteiger partial charge in [-0.15, -0.1) is 0 Å². The van der Waals surface area contributed by atoms with E-state index in [0.717, 1.165) is 10.9 Å². The fraction of sp³-hybridized carbons (Fsp3) is 0.267. The van der Waals surface area contributed by atoms with Crippen LogP contribution in [0.2, 0.25) is 0 Å². The molecule has 24 heavy (non-hydrogen) atoms. The number of hydrogen-bond acceptors (Lipinski definition) is 5. The minimum atomic E-state index is -2.34. The van der Waals surface area contributed by atoms with Gasteiger partial charge in [0.25, 0.3) is 5.91 Å². The maximum absolute atomic E-state index is 11.7. The van der Waals surface area contributed by atoms with Gasteiger partial charge in [0, 0.05) is 23.5 Å². The van der Waals surface area contributed by atoms with Crippen molar-refractivity contribution in [3.63, 3.8) is 0 Å². The monoisotopic (exact) mass is 336 g/mol. The molecule has 0 aliphatic carbocycles. The van der Waals surface area contributed by atoms with Crippen LogP contribution in [0, 0.1) is 0 Å². The molecular formula is C15H16N2O7. The van der Waals surface area contributed by atoms with E-state index in [1.54, 1.807) is 24.4 Å². The zero-order valence-corrected chi connectivity index (χ0v) is 12.3. The number of aromatic amines is 1. The highest BCUT2D eigenvalue weighted by molar-refractivity contribution is 5.91. The lowest BCUT2D eigenvalue weighted by Gasteiger charge is -2.18. The van der Waals surface area contributed by atoms with E-state index in [9.17, 15) is 24.6 Å². The molecule has 1 heterocycles. The molecule has 0 spiro atoms. The average molecular weight is 336 g/mol. The van der Waals surface area contributed by atoms with Gasteiger partial charge in [0.1, 0.15) is 6.04 Å². The second kappa shape index (κ2) is 7.11. The van der Waals surface area contributed by atoms with Crippen molar-refractivity contribution in [2.45, 2.75) is 24.7 Å². The highest BCUT2D eigenvalue weighted by Gasteiger charge is 2.32. The minimum absolute atomic E-state index is 0.0824. The molecule has 0 fully saturated rings. The molecule has 2 aromatic rings. The number of H-pyrrole nitrogens is 1. The van der Waals surface area contributed by atoms with Gasteiger partial charge in [-0.25, -0.2) is 9.59 Å². The van der Waals surface area contributed by atoms with Gasteiger partial charge in [-0.2, -0.15) is 0 Å². The number of aliphatic hydroxyl groups excluding tert-OH is 2. The van der Waals surface area contributed by atoms with Crippen LogP contribution in [0.5, 0.6) is 0 Å². The Balaban J connectivity index is 2.14. The summed E-state index contributed by atoms with van der Waals surface area (Å²) >= 11 is 0. The van der Waals surface area contributed by atoms with Crippen molar-refractivity contribution >= 4 is 28.7 Å². The number of aliphatic carboxylic acids is 2. The summed E-state index contributed by atoms with van der Waals surface area (Å²) in [7, 11) is 0. The molecule has 6 N–H and O–H groups in total. The molecule has 0 radical (unpaired) electrons. The molecule has 0 saturated heterocycles. The molecule has 0 saturated carbocycles. The van der Waals surface area contributed by atoms with E-state index in [4.69, 9.17) is 10.2 Å². The van der Waals surface area contributed by atoms with Crippen LogP contribution < -0.4 is 5.32 Å². The molecule has 9 heteroatoms. The third-order valence-corrected chi connectivity index (χ3v) is 3.53. The Morgan fingerprint density at radius 1 is 1.04 bits per heavy atom. The number of fused-ring (bicyclic) bond motifs is 1. The SMILES string of the molecule is O=C(O)C(Cc1c[nH]c2ccccc12)NC(=O)C(O)C(O)C(=O)O. The number of para-hydroxylation sites is 1. The van der Waals surface area contributed by atoms with Crippen LogP contribution in [-0.2, 0) is 20.8 Å². The van der Waals surface area contributed by atoms with E-state index < -0.39 is 36.1 Å². The summed E-state index contributed by atoms with van der Waals surface area (Å²) in [5.74, 6) is -4.43. The number of carboxylic acid groups (broad SMARTS) is 2. The molecule has 1 aromatic heterocycles. The maximum Gasteiger partial charge on any atom is 0.335 e. The van der Waals surface area contributed by atoms with Gasteiger partial charge in [-0.1, -0.05) is 18.2 Å². The predicted molar refractivity (Wildman–Crippen MR) is 81.2 cm³/mol. The molecule has 0 aliphatic rings. The summed E-state index contributed by atoms with van der Waals surface area (Å²) in [5, 5.41) is 39.2. The first-order chi connectivity index (χ1) is 11.3. The van der Waals surface area contributed by atoms with Crippen molar-refractivity contribution < 1.29 is 34.8 Å². The van der Waals surface area contributed by atoms with Crippen molar-refractivity contribution in [2.24, 2.45) is 0 Å². The van der Waals surface area contributed by atoms with E-state index >= 15 is 0 Å². The van der Waals surface area contributed by atoms with E-state index in [2.05, 4.69) is 4.98 Å². The van der Waals surface area contributed by atoms with Crippen molar-refractivity contribution in [2.75, 3.05) is 0 Å². The number of carboxylic acids is 2. The zero-order valence-electron chi connectivity index (χ0n) is 12.3. The first-order valence-electron chi connectivity index (χ1n) is 6.98. The van der Waals surface area contributed by atoms with Gasteiger partial charge < -0.3 is 30.7 Å². The third-order valence-electron chi connectivity index (χ3n) is 3.53. The largest absolute Gasteiger partial charge is 0.480 e. The van der Waals surface area contributed by atoms with Crippen molar-refractivity contribution in [3.8, 4) is 0 Å². The van der Waals surface area contributed by atoms with E-state index in [0.29, 0.717) is 5.56 Å². The lowest BCUT2D eigenvalue weighted by Crippen LogP contribution is -2.51. The quantitative estimate of drug-likeness (QED) is 0.381. The first kappa shape index (κ1) is 17.4. The second-order valence-electron chi connectivity index (χ2n) is 5.19. The number of hydrogen-bond donors (Lipinski definition) is 6.